The van der Waals surface area contributed by atoms with Crippen LogP contribution < -0.4 is 5.32 Å². The van der Waals surface area contributed by atoms with Crippen molar-refractivity contribution in [3.05, 3.63) is 60.4 Å². The number of rotatable bonds is 6. The molecule has 108 valence electrons. The number of furan rings is 1. The van der Waals surface area contributed by atoms with E-state index in [9.17, 15) is 0 Å². The van der Waals surface area contributed by atoms with Gasteiger partial charge in [0.05, 0.1) is 18.0 Å². The molecule has 0 unspecified atom stereocenters. The second-order valence-corrected chi connectivity index (χ2v) is 5.35. The van der Waals surface area contributed by atoms with Crippen LogP contribution >= 0.6 is 11.8 Å². The molecule has 0 fully saturated rings. The molecule has 1 N–H and O–H groups in total. The minimum Gasteiger partial charge on any atom is -0.463 e. The summed E-state index contributed by atoms with van der Waals surface area (Å²) in [5.41, 5.74) is 0.920. The summed E-state index contributed by atoms with van der Waals surface area (Å²) >= 11 is 1.75. The molecule has 0 aliphatic carbocycles. The van der Waals surface area contributed by atoms with Gasteiger partial charge in [0.2, 0.25) is 0 Å². The van der Waals surface area contributed by atoms with Gasteiger partial charge >= 0.3 is 0 Å². The molecule has 3 aromatic heterocycles. The summed E-state index contributed by atoms with van der Waals surface area (Å²) in [7, 11) is 0. The van der Waals surface area contributed by atoms with E-state index < -0.39 is 0 Å². The van der Waals surface area contributed by atoms with E-state index in [0.29, 0.717) is 6.54 Å². The zero-order chi connectivity index (χ0) is 14.5. The van der Waals surface area contributed by atoms with Gasteiger partial charge in [-0.2, -0.15) is 16.9 Å². The van der Waals surface area contributed by atoms with E-state index in [4.69, 9.17) is 4.42 Å². The zero-order valence-electron chi connectivity index (χ0n) is 11.7. The maximum atomic E-state index is 5.75. The first-order valence-electron chi connectivity index (χ1n) is 6.62. The maximum absolute atomic E-state index is 5.75. The third kappa shape index (κ3) is 3.28. The van der Waals surface area contributed by atoms with E-state index in [1.165, 1.54) is 0 Å². The Balaban J connectivity index is 1.73. The Morgan fingerprint density at radius 3 is 2.90 bits per heavy atom. The molecule has 0 aliphatic rings. The summed E-state index contributed by atoms with van der Waals surface area (Å²) in [6, 6.07) is 9.78. The van der Waals surface area contributed by atoms with Crippen LogP contribution in [0.3, 0.4) is 0 Å². The highest BCUT2D eigenvalue weighted by molar-refractivity contribution is 7.97. The van der Waals surface area contributed by atoms with Gasteiger partial charge in [0.15, 0.2) is 5.82 Å². The number of hydrogen-bond donors (Lipinski definition) is 1. The molecule has 3 rings (SSSR count). The fraction of sp³-hybridized carbons (Fsp3) is 0.200. The van der Waals surface area contributed by atoms with Crippen LogP contribution in [0.15, 0.2) is 53.3 Å². The van der Waals surface area contributed by atoms with Crippen LogP contribution in [0.1, 0.15) is 11.5 Å². The van der Waals surface area contributed by atoms with Gasteiger partial charge in [-0.25, -0.2) is 9.67 Å². The van der Waals surface area contributed by atoms with Crippen LogP contribution in [-0.2, 0) is 12.3 Å². The standard InChI is InChI=1S/C15H16N4OS/c1-21-11-13-6-5-12(20-13)10-17-14-4-2-7-16-15(14)19-9-3-8-18-19/h2-9,17H,10-11H2,1H3. The van der Waals surface area contributed by atoms with Crippen LogP contribution in [0, 0.1) is 0 Å². The lowest BCUT2D eigenvalue weighted by atomic mass is 10.3. The van der Waals surface area contributed by atoms with Gasteiger partial charge in [0.1, 0.15) is 11.5 Å². The number of thioether (sulfide) groups is 1. The van der Waals surface area contributed by atoms with Gasteiger partial charge in [0.25, 0.3) is 0 Å². The average molecular weight is 300 g/mol. The quantitative estimate of drug-likeness (QED) is 0.756. The molecule has 0 saturated heterocycles. The second kappa shape index (κ2) is 6.49. The summed E-state index contributed by atoms with van der Waals surface area (Å²) in [5.74, 6) is 3.58. The topological polar surface area (TPSA) is 55.9 Å². The molecule has 0 aromatic carbocycles. The molecule has 3 aromatic rings. The van der Waals surface area contributed by atoms with E-state index in [1.54, 1.807) is 28.8 Å². The Bertz CT molecular complexity index is 693. The van der Waals surface area contributed by atoms with Gasteiger partial charge in [-0.1, -0.05) is 0 Å². The van der Waals surface area contributed by atoms with Crippen molar-refractivity contribution in [2.45, 2.75) is 12.3 Å². The van der Waals surface area contributed by atoms with Gasteiger partial charge in [0, 0.05) is 18.6 Å². The van der Waals surface area contributed by atoms with Crippen LogP contribution in [0.4, 0.5) is 5.69 Å². The van der Waals surface area contributed by atoms with E-state index >= 15 is 0 Å². The molecular weight excluding hydrogens is 284 g/mol. The predicted molar refractivity (Wildman–Crippen MR) is 84.6 cm³/mol. The molecule has 0 saturated carbocycles. The zero-order valence-corrected chi connectivity index (χ0v) is 12.5. The van der Waals surface area contributed by atoms with Gasteiger partial charge in [-0.05, 0) is 36.6 Å². The van der Waals surface area contributed by atoms with Crippen molar-refractivity contribution >= 4 is 17.4 Å². The molecule has 0 radical (unpaired) electrons. The number of hydrogen-bond acceptors (Lipinski definition) is 5. The minimum absolute atomic E-state index is 0.619. The molecule has 6 heteroatoms. The number of nitrogens with zero attached hydrogens (tertiary/aromatic N) is 3. The average Bonchev–Trinajstić information content (AvgIpc) is 3.17. The lowest BCUT2D eigenvalue weighted by Crippen LogP contribution is -2.06. The molecule has 5 nitrogen and oxygen atoms in total. The Hall–Kier alpha value is -2.21. The van der Waals surface area contributed by atoms with E-state index in [2.05, 4.69) is 21.7 Å². The Morgan fingerprint density at radius 2 is 2.10 bits per heavy atom. The first kappa shape index (κ1) is 13.8. The normalized spacial score (nSPS) is 10.7. The number of pyridine rings is 1. The SMILES string of the molecule is CSCc1ccc(CNc2cccnc2-n2cccn2)o1. The van der Waals surface area contributed by atoms with E-state index in [-0.39, 0.29) is 0 Å². The van der Waals surface area contributed by atoms with Crippen molar-refractivity contribution in [1.82, 2.24) is 14.8 Å². The minimum atomic E-state index is 0.619. The van der Waals surface area contributed by atoms with Crippen molar-refractivity contribution in [2.75, 3.05) is 11.6 Å². The van der Waals surface area contributed by atoms with Crippen LogP contribution in [0.2, 0.25) is 0 Å². The number of nitrogens with one attached hydrogen (secondary N) is 1. The van der Waals surface area contributed by atoms with Crippen LogP contribution in [0.25, 0.3) is 5.82 Å². The summed E-state index contributed by atoms with van der Waals surface area (Å²) in [5, 5.41) is 7.57. The Labute approximate surface area is 127 Å². The van der Waals surface area contributed by atoms with Gasteiger partial charge in [-0.15, -0.1) is 0 Å². The predicted octanol–water partition coefficient (Wildman–Crippen LogP) is 3.34. The molecule has 0 atom stereocenters. The van der Waals surface area contributed by atoms with Crippen molar-refractivity contribution in [1.29, 1.82) is 0 Å². The Morgan fingerprint density at radius 1 is 1.19 bits per heavy atom. The van der Waals surface area contributed by atoms with E-state index in [1.807, 2.05) is 36.5 Å². The fourth-order valence-corrected chi connectivity index (χ4v) is 2.47. The van der Waals surface area contributed by atoms with Crippen LogP contribution in [0.5, 0.6) is 0 Å². The van der Waals surface area contributed by atoms with Crippen molar-refractivity contribution in [2.24, 2.45) is 0 Å². The summed E-state index contributed by atoms with van der Waals surface area (Å²) in [6.07, 6.45) is 7.43. The molecular formula is C15H16N4OS. The van der Waals surface area contributed by atoms with Crippen LogP contribution in [-0.4, -0.2) is 21.0 Å². The highest BCUT2D eigenvalue weighted by Gasteiger charge is 2.07. The summed E-state index contributed by atoms with van der Waals surface area (Å²) in [4.78, 5) is 4.37. The lowest BCUT2D eigenvalue weighted by molar-refractivity contribution is 0.487. The monoisotopic (exact) mass is 300 g/mol. The molecule has 0 amide bonds. The molecule has 0 spiro atoms. The van der Waals surface area contributed by atoms with Crippen molar-refractivity contribution in [3.63, 3.8) is 0 Å². The highest BCUT2D eigenvalue weighted by atomic mass is 32.2. The molecule has 0 bridgehead atoms. The van der Waals surface area contributed by atoms with Gasteiger partial charge in [-0.3, -0.25) is 0 Å². The summed E-state index contributed by atoms with van der Waals surface area (Å²) < 4.78 is 7.49. The summed E-state index contributed by atoms with van der Waals surface area (Å²) in [6.45, 7) is 0.619. The first-order chi connectivity index (χ1) is 10.4. The molecule has 0 aliphatic heterocycles. The second-order valence-electron chi connectivity index (χ2n) is 4.48. The van der Waals surface area contributed by atoms with E-state index in [0.717, 1.165) is 28.8 Å². The first-order valence-corrected chi connectivity index (χ1v) is 8.01. The fourth-order valence-electron chi connectivity index (χ4n) is 2.03. The third-order valence-corrected chi connectivity index (χ3v) is 3.54. The van der Waals surface area contributed by atoms with Crippen molar-refractivity contribution < 1.29 is 4.42 Å². The lowest BCUT2D eigenvalue weighted by Gasteiger charge is -2.09. The number of aromatic nitrogens is 3. The van der Waals surface area contributed by atoms with Crippen molar-refractivity contribution in [3.8, 4) is 5.82 Å². The molecule has 3 heterocycles. The maximum Gasteiger partial charge on any atom is 0.176 e. The Kier molecular flexibility index (Phi) is 4.25. The largest absolute Gasteiger partial charge is 0.463 e. The smallest absolute Gasteiger partial charge is 0.176 e. The number of anilines is 1. The third-order valence-electron chi connectivity index (χ3n) is 2.97. The molecule has 21 heavy (non-hydrogen) atoms. The highest BCUT2D eigenvalue weighted by Crippen LogP contribution is 2.19. The van der Waals surface area contributed by atoms with Gasteiger partial charge < -0.3 is 9.73 Å².